The third-order valence-corrected chi connectivity index (χ3v) is 5.04. The van der Waals surface area contributed by atoms with Crippen molar-refractivity contribution in [3.63, 3.8) is 0 Å². The summed E-state index contributed by atoms with van der Waals surface area (Å²) in [7, 11) is 0. The summed E-state index contributed by atoms with van der Waals surface area (Å²) in [5, 5.41) is 1.02. The van der Waals surface area contributed by atoms with Crippen LogP contribution in [0.1, 0.15) is 25.3 Å². The summed E-state index contributed by atoms with van der Waals surface area (Å²) in [5.41, 5.74) is 3.59. The highest BCUT2D eigenvalue weighted by molar-refractivity contribution is 6.04. The van der Waals surface area contributed by atoms with Gasteiger partial charge in [-0.1, -0.05) is 19.1 Å². The first-order valence-corrected chi connectivity index (χ1v) is 8.39. The summed E-state index contributed by atoms with van der Waals surface area (Å²) in [6.07, 6.45) is 4.09. The Morgan fingerprint density at radius 2 is 2.26 bits per heavy atom. The van der Waals surface area contributed by atoms with Crippen molar-refractivity contribution in [2.24, 2.45) is 0 Å². The molecule has 1 aliphatic heterocycles. The number of aromatic amines is 1. The number of benzene rings is 1. The maximum Gasteiger partial charge on any atom is 0.277 e. The topological polar surface area (TPSA) is 53.9 Å². The lowest BCUT2D eigenvalue weighted by molar-refractivity contribution is 0.242. The van der Waals surface area contributed by atoms with Gasteiger partial charge in [0.15, 0.2) is 0 Å². The highest BCUT2D eigenvalue weighted by atomic mass is 16.1. The monoisotopic (exact) mass is 310 g/mol. The second-order valence-electron chi connectivity index (χ2n) is 6.52. The number of likely N-dealkylation sites (tertiary alicyclic amines) is 1. The zero-order valence-electron chi connectivity index (χ0n) is 13.7. The van der Waals surface area contributed by atoms with E-state index in [-0.39, 0.29) is 5.56 Å². The molecule has 3 aromatic rings. The Balaban J connectivity index is 1.78. The van der Waals surface area contributed by atoms with Crippen LogP contribution >= 0.6 is 0 Å². The van der Waals surface area contributed by atoms with Crippen LogP contribution in [0.2, 0.25) is 0 Å². The number of likely N-dealkylation sites (N-methyl/N-ethyl adjacent to an activating group) is 1. The standard InChI is InChI=1S/C18H22N4O/c1-3-21-8-4-5-13(21)10-22-11-19-16-14-7-6-12(2)9-15(14)20-17(16)18(22)23/h6-7,9,11,13,20H,3-5,8,10H2,1-2H3/t13-/m1/s1. The number of rotatable bonds is 3. The summed E-state index contributed by atoms with van der Waals surface area (Å²) in [6, 6.07) is 6.61. The van der Waals surface area contributed by atoms with Crippen LogP contribution < -0.4 is 5.56 Å². The van der Waals surface area contributed by atoms with E-state index in [2.05, 4.69) is 40.8 Å². The van der Waals surface area contributed by atoms with Crippen LogP contribution in [0.4, 0.5) is 0 Å². The molecular weight excluding hydrogens is 288 g/mol. The molecule has 23 heavy (non-hydrogen) atoms. The molecule has 0 aliphatic carbocycles. The van der Waals surface area contributed by atoms with Gasteiger partial charge in [-0.2, -0.15) is 0 Å². The summed E-state index contributed by atoms with van der Waals surface area (Å²) in [4.78, 5) is 23.1. The van der Waals surface area contributed by atoms with Crippen molar-refractivity contribution < 1.29 is 0 Å². The number of fused-ring (bicyclic) bond motifs is 3. The molecule has 2 aromatic heterocycles. The number of nitrogens with zero attached hydrogens (tertiary/aromatic N) is 3. The Labute approximate surface area is 134 Å². The van der Waals surface area contributed by atoms with Crippen LogP contribution in [0.3, 0.4) is 0 Å². The van der Waals surface area contributed by atoms with E-state index < -0.39 is 0 Å². The number of hydrogen-bond donors (Lipinski definition) is 1. The molecule has 3 heterocycles. The molecule has 120 valence electrons. The van der Waals surface area contributed by atoms with E-state index in [0.717, 1.165) is 42.5 Å². The van der Waals surface area contributed by atoms with Gasteiger partial charge in [0.05, 0.1) is 6.33 Å². The Bertz CT molecular complexity index is 924. The van der Waals surface area contributed by atoms with Crippen molar-refractivity contribution in [3.05, 3.63) is 40.4 Å². The first-order valence-electron chi connectivity index (χ1n) is 8.39. The van der Waals surface area contributed by atoms with Crippen molar-refractivity contribution in [1.82, 2.24) is 19.4 Å². The normalized spacial score (nSPS) is 19.1. The molecule has 1 aromatic carbocycles. The first-order chi connectivity index (χ1) is 11.2. The average Bonchev–Trinajstić information content (AvgIpc) is 3.13. The molecule has 1 saturated heterocycles. The van der Waals surface area contributed by atoms with Gasteiger partial charge in [-0.15, -0.1) is 0 Å². The largest absolute Gasteiger partial charge is 0.349 e. The van der Waals surface area contributed by atoms with Crippen molar-refractivity contribution in [1.29, 1.82) is 0 Å². The van der Waals surface area contributed by atoms with E-state index in [1.807, 2.05) is 6.07 Å². The van der Waals surface area contributed by atoms with Gasteiger partial charge in [-0.25, -0.2) is 4.98 Å². The molecule has 0 spiro atoms. The quantitative estimate of drug-likeness (QED) is 0.809. The molecule has 0 radical (unpaired) electrons. The van der Waals surface area contributed by atoms with Gasteiger partial charge in [0.2, 0.25) is 0 Å². The predicted molar refractivity (Wildman–Crippen MR) is 92.9 cm³/mol. The van der Waals surface area contributed by atoms with Crippen molar-refractivity contribution in [2.75, 3.05) is 13.1 Å². The lowest BCUT2D eigenvalue weighted by Gasteiger charge is -2.23. The molecule has 1 atom stereocenters. The Kier molecular flexibility index (Phi) is 3.45. The summed E-state index contributed by atoms with van der Waals surface area (Å²) < 4.78 is 1.77. The van der Waals surface area contributed by atoms with E-state index >= 15 is 0 Å². The fraction of sp³-hybridized carbons (Fsp3) is 0.444. The van der Waals surface area contributed by atoms with Gasteiger partial charge in [0, 0.05) is 23.5 Å². The number of hydrogen-bond acceptors (Lipinski definition) is 3. The van der Waals surface area contributed by atoms with E-state index in [0.29, 0.717) is 11.6 Å². The van der Waals surface area contributed by atoms with Crippen LogP contribution in [0.25, 0.3) is 21.9 Å². The zero-order chi connectivity index (χ0) is 16.0. The van der Waals surface area contributed by atoms with Crippen LogP contribution in [0.5, 0.6) is 0 Å². The molecule has 1 aliphatic rings. The minimum absolute atomic E-state index is 0.0341. The van der Waals surface area contributed by atoms with Gasteiger partial charge < -0.3 is 4.98 Å². The third-order valence-electron chi connectivity index (χ3n) is 5.04. The minimum atomic E-state index is 0.0341. The maximum atomic E-state index is 12.8. The summed E-state index contributed by atoms with van der Waals surface area (Å²) in [5.74, 6) is 0. The maximum absolute atomic E-state index is 12.8. The third kappa shape index (κ3) is 2.36. The molecule has 0 unspecified atom stereocenters. The van der Waals surface area contributed by atoms with Gasteiger partial charge in [-0.05, 0) is 44.5 Å². The summed E-state index contributed by atoms with van der Waals surface area (Å²) >= 11 is 0. The van der Waals surface area contributed by atoms with Crippen LogP contribution in [0, 0.1) is 6.92 Å². The van der Waals surface area contributed by atoms with Crippen LogP contribution in [0.15, 0.2) is 29.3 Å². The van der Waals surface area contributed by atoms with Gasteiger partial charge in [-0.3, -0.25) is 14.3 Å². The van der Waals surface area contributed by atoms with E-state index in [9.17, 15) is 4.79 Å². The Morgan fingerprint density at radius 1 is 1.39 bits per heavy atom. The Hall–Kier alpha value is -2.14. The number of H-pyrrole nitrogens is 1. The number of aromatic nitrogens is 3. The van der Waals surface area contributed by atoms with Crippen molar-refractivity contribution >= 4 is 21.9 Å². The van der Waals surface area contributed by atoms with Crippen LogP contribution in [-0.2, 0) is 6.54 Å². The number of aryl methyl sites for hydroxylation is 1. The molecular formula is C18H22N4O. The molecule has 5 nitrogen and oxygen atoms in total. The highest BCUT2D eigenvalue weighted by Crippen LogP contribution is 2.23. The first kappa shape index (κ1) is 14.5. The van der Waals surface area contributed by atoms with Gasteiger partial charge in [0.1, 0.15) is 11.0 Å². The molecule has 0 bridgehead atoms. The van der Waals surface area contributed by atoms with E-state index in [1.54, 1.807) is 10.9 Å². The van der Waals surface area contributed by atoms with Gasteiger partial charge >= 0.3 is 0 Å². The van der Waals surface area contributed by atoms with E-state index in [1.165, 1.54) is 12.0 Å². The fourth-order valence-electron chi connectivity index (χ4n) is 3.78. The predicted octanol–water partition coefficient (Wildman–Crippen LogP) is 2.67. The molecule has 4 rings (SSSR count). The highest BCUT2D eigenvalue weighted by Gasteiger charge is 2.24. The molecule has 1 fully saturated rings. The van der Waals surface area contributed by atoms with Crippen molar-refractivity contribution in [2.45, 2.75) is 39.3 Å². The van der Waals surface area contributed by atoms with Crippen LogP contribution in [-0.4, -0.2) is 38.6 Å². The number of nitrogens with one attached hydrogen (secondary N) is 1. The minimum Gasteiger partial charge on any atom is -0.349 e. The second-order valence-corrected chi connectivity index (χ2v) is 6.52. The fourth-order valence-corrected chi connectivity index (χ4v) is 3.78. The zero-order valence-corrected chi connectivity index (χ0v) is 13.7. The molecule has 0 amide bonds. The molecule has 5 heteroatoms. The smallest absolute Gasteiger partial charge is 0.277 e. The molecule has 1 N–H and O–H groups in total. The molecule has 0 saturated carbocycles. The Morgan fingerprint density at radius 3 is 3.09 bits per heavy atom. The lowest BCUT2D eigenvalue weighted by atomic mass is 10.2. The summed E-state index contributed by atoms with van der Waals surface area (Å²) in [6.45, 7) is 7.14. The second kappa shape index (κ2) is 5.49. The van der Waals surface area contributed by atoms with Gasteiger partial charge in [0.25, 0.3) is 5.56 Å². The van der Waals surface area contributed by atoms with Crippen molar-refractivity contribution in [3.8, 4) is 0 Å². The lowest BCUT2D eigenvalue weighted by Crippen LogP contribution is -2.36. The van der Waals surface area contributed by atoms with E-state index in [4.69, 9.17) is 0 Å². The SMILES string of the molecule is CCN1CCC[C@@H]1Cn1cnc2c([nH]c3cc(C)ccc32)c1=O. The average molecular weight is 310 g/mol.